The number of benzene rings is 5. The zero-order valence-electron chi connectivity index (χ0n) is 23.8. The molecular formula is C36H36O5. The van der Waals surface area contributed by atoms with E-state index in [-0.39, 0.29) is 25.1 Å². The Morgan fingerprint density at radius 3 is 1.95 bits per heavy atom. The van der Waals surface area contributed by atoms with Gasteiger partial charge in [0.15, 0.2) is 0 Å². The molecule has 0 aliphatic heterocycles. The first-order valence-electron chi connectivity index (χ1n) is 14.2. The number of carbonyl (C=O) groups is 2. The van der Waals surface area contributed by atoms with Gasteiger partial charge in [-0.15, -0.1) is 0 Å². The van der Waals surface area contributed by atoms with Crippen molar-refractivity contribution in [1.29, 1.82) is 0 Å². The van der Waals surface area contributed by atoms with Gasteiger partial charge in [0.25, 0.3) is 0 Å². The van der Waals surface area contributed by atoms with Gasteiger partial charge in [-0.05, 0) is 69.6 Å². The van der Waals surface area contributed by atoms with Crippen molar-refractivity contribution in [1.82, 2.24) is 0 Å². The van der Waals surface area contributed by atoms with Gasteiger partial charge >= 0.3 is 11.9 Å². The van der Waals surface area contributed by atoms with E-state index in [0.717, 1.165) is 21.5 Å². The van der Waals surface area contributed by atoms with Crippen molar-refractivity contribution in [3.05, 3.63) is 108 Å². The lowest BCUT2D eigenvalue weighted by molar-refractivity contribution is -0.159. The minimum absolute atomic E-state index is 0.138. The number of fused-ring (bicyclic) bond motifs is 3. The molecular weight excluding hydrogens is 512 g/mol. The number of hydrogen-bond acceptors (Lipinski definition) is 5. The van der Waals surface area contributed by atoms with E-state index in [0.29, 0.717) is 18.4 Å². The molecule has 5 nitrogen and oxygen atoms in total. The first-order chi connectivity index (χ1) is 19.8. The maximum atomic E-state index is 13.2. The van der Waals surface area contributed by atoms with Gasteiger partial charge in [0.1, 0.15) is 19.3 Å². The van der Waals surface area contributed by atoms with Crippen molar-refractivity contribution in [2.75, 3.05) is 13.2 Å². The molecule has 5 heteroatoms. The smallest absolute Gasteiger partial charge is 0.339 e. The third-order valence-electron chi connectivity index (χ3n) is 8.16. The van der Waals surface area contributed by atoms with Crippen molar-refractivity contribution < 1.29 is 24.2 Å². The molecule has 1 N–H and O–H groups in total. The molecule has 3 unspecified atom stereocenters. The van der Waals surface area contributed by atoms with Gasteiger partial charge in [-0.25, -0.2) is 4.79 Å². The first kappa shape index (κ1) is 28.3. The lowest BCUT2D eigenvalue weighted by Gasteiger charge is -2.29. The average Bonchev–Trinajstić information content (AvgIpc) is 3.00. The Hall–Kier alpha value is -4.22. The van der Waals surface area contributed by atoms with Crippen LogP contribution in [0.5, 0.6) is 0 Å². The van der Waals surface area contributed by atoms with Crippen molar-refractivity contribution in [3.63, 3.8) is 0 Å². The molecule has 5 rings (SSSR count). The second-order valence-corrected chi connectivity index (χ2v) is 11.2. The Balaban J connectivity index is 1.20. The first-order valence-corrected chi connectivity index (χ1v) is 14.2. The van der Waals surface area contributed by atoms with Crippen LogP contribution in [0, 0.1) is 5.41 Å². The third kappa shape index (κ3) is 6.10. The molecule has 5 aromatic rings. The van der Waals surface area contributed by atoms with Crippen LogP contribution in [0.2, 0.25) is 0 Å². The van der Waals surface area contributed by atoms with Crippen LogP contribution in [-0.2, 0) is 14.3 Å². The number of aliphatic hydroxyl groups is 1. The standard InChI is InChI=1S/C36H36O5/c1-4-36(3,21-24(2)26-18-17-25-11-5-6-12-27(25)19-26)35(39)41-23-30(37)22-40-34(38)33-31-15-9-7-13-28(31)20-29-14-8-10-16-32(29)33/h5-20,24,30,37H,4,21-23H2,1-3H3. The summed E-state index contributed by atoms with van der Waals surface area (Å²) < 4.78 is 11.1. The van der Waals surface area contributed by atoms with Crippen molar-refractivity contribution >= 4 is 44.3 Å². The fourth-order valence-corrected chi connectivity index (χ4v) is 5.55. The summed E-state index contributed by atoms with van der Waals surface area (Å²) in [4.78, 5) is 26.4. The fourth-order valence-electron chi connectivity index (χ4n) is 5.55. The Morgan fingerprint density at radius 2 is 1.32 bits per heavy atom. The van der Waals surface area contributed by atoms with E-state index >= 15 is 0 Å². The molecule has 0 bridgehead atoms. The van der Waals surface area contributed by atoms with E-state index in [9.17, 15) is 14.7 Å². The van der Waals surface area contributed by atoms with Crippen molar-refractivity contribution in [3.8, 4) is 0 Å². The Labute approximate surface area is 240 Å². The van der Waals surface area contributed by atoms with Crippen LogP contribution in [0.4, 0.5) is 0 Å². The Kier molecular flexibility index (Phi) is 8.36. The molecule has 0 amide bonds. The van der Waals surface area contributed by atoms with E-state index in [1.54, 1.807) is 0 Å². The molecule has 0 aliphatic rings. The van der Waals surface area contributed by atoms with E-state index < -0.39 is 17.5 Å². The number of aliphatic hydroxyl groups excluding tert-OH is 1. The van der Waals surface area contributed by atoms with E-state index in [1.165, 1.54) is 16.3 Å². The largest absolute Gasteiger partial charge is 0.462 e. The zero-order valence-corrected chi connectivity index (χ0v) is 23.8. The predicted molar refractivity (Wildman–Crippen MR) is 164 cm³/mol. The molecule has 0 saturated heterocycles. The van der Waals surface area contributed by atoms with Crippen LogP contribution in [0.25, 0.3) is 32.3 Å². The second kappa shape index (κ2) is 12.1. The minimum Gasteiger partial charge on any atom is -0.462 e. The SMILES string of the molecule is CCC(C)(CC(C)c1ccc2ccccc2c1)C(=O)OCC(O)COC(=O)c1c2ccccc2cc2ccccc12. The zero-order chi connectivity index (χ0) is 29.0. The van der Waals surface area contributed by atoms with Gasteiger partial charge in [-0.3, -0.25) is 4.79 Å². The van der Waals surface area contributed by atoms with E-state index in [1.807, 2.05) is 80.6 Å². The highest BCUT2D eigenvalue weighted by molar-refractivity contribution is 6.16. The molecule has 0 spiro atoms. The highest BCUT2D eigenvalue weighted by Crippen LogP contribution is 2.36. The average molecular weight is 549 g/mol. The normalized spacial score (nSPS) is 14.4. The summed E-state index contributed by atoms with van der Waals surface area (Å²) in [5.74, 6) is -0.748. The van der Waals surface area contributed by atoms with E-state index in [4.69, 9.17) is 9.47 Å². The lowest BCUT2D eigenvalue weighted by atomic mass is 9.77. The van der Waals surface area contributed by atoms with Crippen LogP contribution < -0.4 is 0 Å². The van der Waals surface area contributed by atoms with Gasteiger partial charge in [0.2, 0.25) is 0 Å². The van der Waals surface area contributed by atoms with Crippen LogP contribution in [0.1, 0.15) is 55.5 Å². The number of carbonyl (C=O) groups excluding carboxylic acids is 2. The highest BCUT2D eigenvalue weighted by Gasteiger charge is 2.35. The summed E-state index contributed by atoms with van der Waals surface area (Å²) in [6.45, 7) is 5.48. The number of rotatable bonds is 10. The molecule has 41 heavy (non-hydrogen) atoms. The molecule has 5 aromatic carbocycles. The highest BCUT2D eigenvalue weighted by atomic mass is 16.6. The Morgan fingerprint density at radius 1 is 0.756 bits per heavy atom. The summed E-state index contributed by atoms with van der Waals surface area (Å²) in [6, 6.07) is 32.0. The van der Waals surface area contributed by atoms with Gasteiger partial charge in [0, 0.05) is 0 Å². The predicted octanol–water partition coefficient (Wildman–Crippen LogP) is 7.82. The molecule has 210 valence electrons. The molecule has 0 radical (unpaired) electrons. The number of esters is 2. The van der Waals surface area contributed by atoms with Crippen LogP contribution >= 0.6 is 0 Å². The maximum absolute atomic E-state index is 13.2. The summed E-state index contributed by atoms with van der Waals surface area (Å²) in [5, 5.41) is 16.4. The molecule has 3 atom stereocenters. The number of hydrogen-bond donors (Lipinski definition) is 1. The van der Waals surface area contributed by atoms with Gasteiger partial charge in [0.05, 0.1) is 11.0 Å². The summed E-state index contributed by atoms with van der Waals surface area (Å²) >= 11 is 0. The maximum Gasteiger partial charge on any atom is 0.339 e. The molecule has 0 aliphatic carbocycles. The monoisotopic (exact) mass is 548 g/mol. The topological polar surface area (TPSA) is 72.8 Å². The van der Waals surface area contributed by atoms with Gasteiger partial charge < -0.3 is 14.6 Å². The molecule has 0 saturated carbocycles. The van der Waals surface area contributed by atoms with Crippen LogP contribution in [0.3, 0.4) is 0 Å². The fraction of sp³-hybridized carbons (Fsp3) is 0.278. The summed E-state index contributed by atoms with van der Waals surface area (Å²) in [5.41, 5.74) is 0.914. The quantitative estimate of drug-likeness (QED) is 0.142. The number of ether oxygens (including phenoxy) is 2. The molecule has 0 heterocycles. The van der Waals surface area contributed by atoms with Gasteiger partial charge in [-0.2, -0.15) is 0 Å². The molecule has 0 fully saturated rings. The van der Waals surface area contributed by atoms with Gasteiger partial charge in [-0.1, -0.05) is 105 Å². The van der Waals surface area contributed by atoms with Crippen molar-refractivity contribution in [2.24, 2.45) is 5.41 Å². The third-order valence-corrected chi connectivity index (χ3v) is 8.16. The summed E-state index contributed by atoms with van der Waals surface area (Å²) in [7, 11) is 0. The minimum atomic E-state index is -1.14. The van der Waals surface area contributed by atoms with Crippen molar-refractivity contribution in [2.45, 2.75) is 45.6 Å². The Bertz CT molecular complexity index is 1650. The van der Waals surface area contributed by atoms with Crippen LogP contribution in [-0.4, -0.2) is 36.4 Å². The van der Waals surface area contributed by atoms with E-state index in [2.05, 4.69) is 37.3 Å². The molecule has 0 aromatic heterocycles. The second-order valence-electron chi connectivity index (χ2n) is 11.2. The summed E-state index contributed by atoms with van der Waals surface area (Å²) in [6.07, 6.45) is 0.0752. The van der Waals surface area contributed by atoms with Crippen LogP contribution in [0.15, 0.2) is 97.1 Å². The lowest BCUT2D eigenvalue weighted by Crippen LogP contribution is -2.34.